The smallest absolute Gasteiger partial charge is 0.323 e. The molecule has 25 heavy (non-hydrogen) atoms. The molecule has 1 N–H and O–H groups in total. The normalized spacial score (nSPS) is 10.6. The number of hydrogen-bond donors (Lipinski definition) is 1. The van der Waals surface area contributed by atoms with Crippen molar-refractivity contribution >= 4 is 40.8 Å². The van der Waals surface area contributed by atoms with Crippen LogP contribution in [0.4, 0.5) is 10.1 Å². The molecule has 5 nitrogen and oxygen atoms in total. The van der Waals surface area contributed by atoms with Gasteiger partial charge in [0.15, 0.2) is 0 Å². The van der Waals surface area contributed by atoms with Gasteiger partial charge in [-0.2, -0.15) is 0 Å². The van der Waals surface area contributed by atoms with Crippen molar-refractivity contribution in [3.8, 4) is 0 Å². The number of carbonyl (C=O) groups is 2. The van der Waals surface area contributed by atoms with Crippen LogP contribution in [0.5, 0.6) is 0 Å². The molecule has 1 amide bonds. The molecule has 7 heteroatoms. The maximum absolute atomic E-state index is 13.5. The lowest BCUT2D eigenvalue weighted by atomic mass is 10.1. The monoisotopic (exact) mass is 357 g/mol. The van der Waals surface area contributed by atoms with Crippen LogP contribution in [0.3, 0.4) is 0 Å². The van der Waals surface area contributed by atoms with Gasteiger partial charge >= 0.3 is 5.97 Å². The van der Waals surface area contributed by atoms with Crippen molar-refractivity contribution < 1.29 is 23.5 Å². The lowest BCUT2D eigenvalue weighted by Gasteiger charge is -2.20. The minimum Gasteiger partial charge on any atom is -0.480 e. The van der Waals surface area contributed by atoms with Gasteiger partial charge in [-0.15, -0.1) is 0 Å². The van der Waals surface area contributed by atoms with Crippen LogP contribution in [0.2, 0.25) is 0 Å². The van der Waals surface area contributed by atoms with E-state index in [2.05, 4.69) is 0 Å². The number of carbonyl (C=O) groups excluding carboxylic acids is 1. The Morgan fingerprint density at radius 1 is 1.16 bits per heavy atom. The summed E-state index contributed by atoms with van der Waals surface area (Å²) in [5, 5.41) is 9.41. The van der Waals surface area contributed by atoms with Gasteiger partial charge in [0.25, 0.3) is 5.91 Å². The molecule has 126 valence electrons. The zero-order valence-corrected chi connectivity index (χ0v) is 13.6. The fraction of sp³-hybridized carbons (Fsp3) is 0.0556. The molecule has 2 aromatic carbocycles. The number of rotatable bonds is 4. The molecule has 0 saturated carbocycles. The predicted molar refractivity (Wildman–Crippen MR) is 92.8 cm³/mol. The van der Waals surface area contributed by atoms with Gasteiger partial charge in [0.05, 0.1) is 10.1 Å². The number of hydrogen-bond acceptors (Lipinski definition) is 4. The van der Waals surface area contributed by atoms with Crippen LogP contribution in [0, 0.1) is 10.3 Å². The summed E-state index contributed by atoms with van der Waals surface area (Å²) in [7, 11) is 0. The van der Waals surface area contributed by atoms with E-state index in [0.29, 0.717) is 11.3 Å². The van der Waals surface area contributed by atoms with Gasteiger partial charge in [-0.1, -0.05) is 30.4 Å². The van der Waals surface area contributed by atoms with Crippen LogP contribution < -0.4 is 4.90 Å². The average molecular weight is 357 g/mol. The number of amides is 1. The Morgan fingerprint density at radius 3 is 2.56 bits per heavy atom. The summed E-state index contributed by atoms with van der Waals surface area (Å²) in [6.07, 6.45) is 1.17. The van der Waals surface area contributed by atoms with Crippen molar-refractivity contribution in [3.63, 3.8) is 0 Å². The Labute approximate surface area is 146 Å². The first kappa shape index (κ1) is 16.8. The molecule has 0 atom stereocenters. The molecule has 0 aliphatic carbocycles. The second-order valence-corrected chi connectivity index (χ2v) is 5.65. The van der Waals surface area contributed by atoms with Crippen molar-refractivity contribution in [1.82, 2.24) is 0 Å². The van der Waals surface area contributed by atoms with Crippen molar-refractivity contribution in [2.75, 3.05) is 11.4 Å². The molecule has 1 aromatic heterocycles. The highest BCUT2D eigenvalue weighted by atomic mass is 32.1. The van der Waals surface area contributed by atoms with Crippen LogP contribution >= 0.6 is 12.2 Å². The predicted octanol–water partition coefficient (Wildman–Crippen LogP) is 4.03. The van der Waals surface area contributed by atoms with Gasteiger partial charge in [0, 0.05) is 11.1 Å². The van der Waals surface area contributed by atoms with Gasteiger partial charge in [-0.25, -0.2) is 4.39 Å². The van der Waals surface area contributed by atoms with E-state index < -0.39 is 24.2 Å². The van der Waals surface area contributed by atoms with E-state index in [1.165, 1.54) is 24.5 Å². The minimum absolute atomic E-state index is 0.00166. The van der Waals surface area contributed by atoms with E-state index >= 15 is 0 Å². The van der Waals surface area contributed by atoms with Gasteiger partial charge in [-0.05, 0) is 30.3 Å². The topological polar surface area (TPSA) is 70.8 Å². The Morgan fingerprint density at radius 2 is 1.88 bits per heavy atom. The maximum atomic E-state index is 13.5. The molecule has 0 radical (unpaired) electrons. The largest absolute Gasteiger partial charge is 0.480 e. The molecule has 1 heterocycles. The molecule has 0 unspecified atom stereocenters. The lowest BCUT2D eigenvalue weighted by Crippen LogP contribution is -2.35. The lowest BCUT2D eigenvalue weighted by molar-refractivity contribution is -0.135. The third-order valence-electron chi connectivity index (χ3n) is 3.57. The molecule has 0 aliphatic heterocycles. The van der Waals surface area contributed by atoms with E-state index in [1.807, 2.05) is 0 Å². The average Bonchev–Trinajstić information content (AvgIpc) is 2.60. The Balaban J connectivity index is 2.11. The Kier molecular flexibility index (Phi) is 4.58. The van der Waals surface area contributed by atoms with Crippen LogP contribution in [0.1, 0.15) is 10.4 Å². The number of fused-ring (bicyclic) bond motifs is 1. The number of benzene rings is 2. The van der Waals surface area contributed by atoms with Gasteiger partial charge in [0.1, 0.15) is 24.2 Å². The van der Waals surface area contributed by atoms with E-state index in [9.17, 15) is 14.0 Å². The molecule has 0 fully saturated rings. The van der Waals surface area contributed by atoms with Crippen LogP contribution in [-0.2, 0) is 4.79 Å². The number of carboxylic acids is 1. The van der Waals surface area contributed by atoms with Crippen LogP contribution in [0.25, 0.3) is 11.0 Å². The van der Waals surface area contributed by atoms with E-state index in [0.717, 1.165) is 4.90 Å². The summed E-state index contributed by atoms with van der Waals surface area (Å²) >= 11 is 5.29. The molecule has 0 bridgehead atoms. The molecule has 3 rings (SSSR count). The summed E-state index contributed by atoms with van der Waals surface area (Å²) in [6, 6.07) is 12.2. The van der Waals surface area contributed by atoms with E-state index in [-0.39, 0.29) is 15.5 Å². The molecular formula is C18H12FNO4S. The second-order valence-electron chi connectivity index (χ2n) is 5.24. The summed E-state index contributed by atoms with van der Waals surface area (Å²) in [6.45, 7) is -0.543. The van der Waals surface area contributed by atoms with Crippen molar-refractivity contribution in [1.29, 1.82) is 0 Å². The number of nitrogens with zero attached hydrogens (tertiary/aromatic N) is 1. The highest BCUT2D eigenvalue weighted by Gasteiger charge is 2.23. The third-order valence-corrected chi connectivity index (χ3v) is 4.01. The number of halogens is 1. The third kappa shape index (κ3) is 3.41. The van der Waals surface area contributed by atoms with Gasteiger partial charge < -0.3 is 9.52 Å². The molecular weight excluding hydrogens is 345 g/mol. The van der Waals surface area contributed by atoms with Crippen LogP contribution in [-0.4, -0.2) is 23.5 Å². The summed E-state index contributed by atoms with van der Waals surface area (Å²) in [5.74, 6) is -2.32. The SMILES string of the molecule is O=C(O)CN(C(=O)c1coc2ccc(F)cc2c1=S)c1ccccc1. The fourth-order valence-electron chi connectivity index (χ4n) is 2.42. The molecule has 0 aliphatic rings. The first-order valence-corrected chi connectivity index (χ1v) is 7.68. The number of aliphatic carboxylic acids is 1. The molecule has 0 spiro atoms. The highest BCUT2D eigenvalue weighted by molar-refractivity contribution is 7.71. The van der Waals surface area contributed by atoms with Crippen molar-refractivity contribution in [2.45, 2.75) is 0 Å². The van der Waals surface area contributed by atoms with Gasteiger partial charge in [0.2, 0.25) is 0 Å². The number of para-hydroxylation sites is 1. The molecule has 3 aromatic rings. The Bertz CT molecular complexity index is 1020. The zero-order chi connectivity index (χ0) is 18.0. The van der Waals surface area contributed by atoms with Gasteiger partial charge in [-0.3, -0.25) is 14.5 Å². The fourth-order valence-corrected chi connectivity index (χ4v) is 2.71. The van der Waals surface area contributed by atoms with E-state index in [4.69, 9.17) is 21.7 Å². The first-order valence-electron chi connectivity index (χ1n) is 7.27. The van der Waals surface area contributed by atoms with Crippen molar-refractivity contribution in [2.24, 2.45) is 0 Å². The van der Waals surface area contributed by atoms with Crippen molar-refractivity contribution in [3.05, 3.63) is 70.7 Å². The maximum Gasteiger partial charge on any atom is 0.323 e. The quantitative estimate of drug-likeness (QED) is 0.714. The minimum atomic E-state index is -1.17. The van der Waals surface area contributed by atoms with E-state index in [1.54, 1.807) is 30.3 Å². The summed E-state index contributed by atoms with van der Waals surface area (Å²) < 4.78 is 19.0. The number of carboxylic acid groups (broad SMARTS) is 1. The standard InChI is InChI=1S/C18H12FNO4S/c19-11-6-7-15-13(8-11)17(25)14(10-24-15)18(23)20(9-16(21)22)12-4-2-1-3-5-12/h1-8,10H,9H2,(H,21,22). The molecule has 0 saturated heterocycles. The summed E-state index contributed by atoms with van der Waals surface area (Å²) in [4.78, 5) is 25.1. The Hall–Kier alpha value is -3.06. The number of anilines is 1. The first-order chi connectivity index (χ1) is 12.0. The zero-order valence-electron chi connectivity index (χ0n) is 12.8. The summed E-state index contributed by atoms with van der Waals surface area (Å²) in [5.41, 5.74) is 0.745. The second kappa shape index (κ2) is 6.82. The van der Waals surface area contributed by atoms with Crippen LogP contribution in [0.15, 0.2) is 59.2 Å². The highest BCUT2D eigenvalue weighted by Crippen LogP contribution is 2.23.